The molecule has 2 rings (SSSR count). The van der Waals surface area contributed by atoms with Gasteiger partial charge < -0.3 is 14.6 Å². The maximum atomic E-state index is 10.5. The van der Waals surface area contributed by atoms with Crippen LogP contribution in [0, 0.1) is 0 Å². The molecule has 4 heteroatoms. The van der Waals surface area contributed by atoms with Crippen LogP contribution < -0.4 is 4.74 Å². The lowest BCUT2D eigenvalue weighted by molar-refractivity contribution is -0.131. The monoisotopic (exact) mass is 276 g/mol. The molecule has 1 aromatic rings. The normalized spacial score (nSPS) is 15.8. The highest BCUT2D eigenvalue weighted by Crippen LogP contribution is 2.20. The molecule has 0 spiro atoms. The Bertz CT molecular complexity index is 461. The van der Waals surface area contributed by atoms with E-state index in [0.717, 1.165) is 30.2 Å². The molecule has 0 bridgehead atoms. The average Bonchev–Trinajstić information content (AvgIpc) is 2.95. The van der Waals surface area contributed by atoms with Crippen molar-refractivity contribution in [2.75, 3.05) is 13.2 Å². The van der Waals surface area contributed by atoms with Crippen LogP contribution in [0.15, 0.2) is 30.3 Å². The van der Waals surface area contributed by atoms with Crippen LogP contribution in [0.5, 0.6) is 5.75 Å². The standard InChI is InChI=1S/C16H20O4/c17-16(18)9-8-13-4-3-7-15(12-13)20-11-10-19-14-5-1-2-6-14/h3-4,7-9,12,14H,1-2,5-6,10-11H2,(H,17,18). The molecule has 0 aromatic heterocycles. The number of ether oxygens (including phenoxy) is 2. The average molecular weight is 276 g/mol. The number of hydrogen-bond donors (Lipinski definition) is 1. The van der Waals surface area contributed by atoms with Gasteiger partial charge in [-0.15, -0.1) is 0 Å². The quantitative estimate of drug-likeness (QED) is 0.614. The van der Waals surface area contributed by atoms with E-state index in [2.05, 4.69) is 0 Å². The molecule has 20 heavy (non-hydrogen) atoms. The van der Waals surface area contributed by atoms with Crippen LogP contribution in [-0.2, 0) is 9.53 Å². The number of rotatable bonds is 7. The number of carboxylic acid groups (broad SMARTS) is 1. The molecule has 0 aliphatic heterocycles. The van der Waals surface area contributed by atoms with Gasteiger partial charge in [0.15, 0.2) is 0 Å². The smallest absolute Gasteiger partial charge is 0.328 e. The van der Waals surface area contributed by atoms with E-state index >= 15 is 0 Å². The molecule has 1 aliphatic rings. The highest BCUT2D eigenvalue weighted by atomic mass is 16.5. The highest BCUT2D eigenvalue weighted by molar-refractivity contribution is 5.85. The van der Waals surface area contributed by atoms with Crippen LogP contribution in [0.3, 0.4) is 0 Å². The molecule has 0 atom stereocenters. The Morgan fingerprint density at radius 3 is 2.85 bits per heavy atom. The zero-order chi connectivity index (χ0) is 14.2. The van der Waals surface area contributed by atoms with Gasteiger partial charge >= 0.3 is 5.97 Å². The largest absolute Gasteiger partial charge is 0.491 e. The van der Waals surface area contributed by atoms with Crippen LogP contribution in [0.1, 0.15) is 31.2 Å². The van der Waals surface area contributed by atoms with Crippen LogP contribution in [0.4, 0.5) is 0 Å². The molecular weight excluding hydrogens is 256 g/mol. The first-order valence-corrected chi connectivity index (χ1v) is 6.99. The first-order valence-electron chi connectivity index (χ1n) is 6.99. The highest BCUT2D eigenvalue weighted by Gasteiger charge is 2.14. The Morgan fingerprint density at radius 2 is 2.10 bits per heavy atom. The number of benzene rings is 1. The van der Waals surface area contributed by atoms with Gasteiger partial charge in [0, 0.05) is 6.08 Å². The molecule has 1 saturated carbocycles. The summed E-state index contributed by atoms with van der Waals surface area (Å²) in [6, 6.07) is 7.35. The van der Waals surface area contributed by atoms with E-state index in [1.165, 1.54) is 12.8 Å². The van der Waals surface area contributed by atoms with Gasteiger partial charge in [-0.3, -0.25) is 0 Å². The Morgan fingerprint density at radius 1 is 1.30 bits per heavy atom. The van der Waals surface area contributed by atoms with Gasteiger partial charge in [0.05, 0.1) is 12.7 Å². The number of carboxylic acids is 1. The number of hydrogen-bond acceptors (Lipinski definition) is 3. The predicted octanol–water partition coefficient (Wildman–Crippen LogP) is 3.12. The summed E-state index contributed by atoms with van der Waals surface area (Å²) in [6.45, 7) is 1.11. The lowest BCUT2D eigenvalue weighted by Crippen LogP contribution is -2.13. The van der Waals surface area contributed by atoms with Crippen molar-refractivity contribution in [3.63, 3.8) is 0 Å². The molecular formula is C16H20O4. The molecule has 0 amide bonds. The maximum absolute atomic E-state index is 10.5. The fourth-order valence-corrected chi connectivity index (χ4v) is 2.30. The lowest BCUT2D eigenvalue weighted by Gasteiger charge is -2.12. The molecule has 1 aliphatic carbocycles. The fourth-order valence-electron chi connectivity index (χ4n) is 2.30. The summed E-state index contributed by atoms with van der Waals surface area (Å²) >= 11 is 0. The molecule has 0 saturated heterocycles. The molecule has 4 nitrogen and oxygen atoms in total. The van der Waals surface area contributed by atoms with Crippen molar-refractivity contribution in [2.24, 2.45) is 0 Å². The van der Waals surface area contributed by atoms with Gasteiger partial charge in [-0.05, 0) is 36.6 Å². The van der Waals surface area contributed by atoms with Crippen LogP contribution >= 0.6 is 0 Å². The maximum Gasteiger partial charge on any atom is 0.328 e. The van der Waals surface area contributed by atoms with Crippen molar-refractivity contribution in [2.45, 2.75) is 31.8 Å². The summed E-state index contributed by atoms with van der Waals surface area (Å²) in [4.78, 5) is 10.5. The van der Waals surface area contributed by atoms with Crippen molar-refractivity contribution in [3.8, 4) is 5.75 Å². The topological polar surface area (TPSA) is 55.8 Å². The third kappa shape index (κ3) is 5.05. The van der Waals surface area contributed by atoms with Crippen molar-refractivity contribution >= 4 is 12.0 Å². The second-order valence-electron chi connectivity index (χ2n) is 4.87. The van der Waals surface area contributed by atoms with Crippen LogP contribution in [0.25, 0.3) is 6.08 Å². The van der Waals surface area contributed by atoms with Gasteiger partial charge in [-0.25, -0.2) is 4.79 Å². The van der Waals surface area contributed by atoms with Crippen molar-refractivity contribution in [1.82, 2.24) is 0 Å². The molecule has 0 heterocycles. The van der Waals surface area contributed by atoms with Crippen molar-refractivity contribution in [1.29, 1.82) is 0 Å². The predicted molar refractivity (Wildman–Crippen MR) is 76.8 cm³/mol. The van der Waals surface area contributed by atoms with Gasteiger partial charge in [-0.1, -0.05) is 25.0 Å². The number of aliphatic carboxylic acids is 1. The molecule has 108 valence electrons. The van der Waals surface area contributed by atoms with Gasteiger partial charge in [0.1, 0.15) is 12.4 Å². The Hall–Kier alpha value is -1.81. The minimum atomic E-state index is -0.957. The summed E-state index contributed by atoms with van der Waals surface area (Å²) < 4.78 is 11.3. The number of carbonyl (C=O) groups is 1. The molecule has 1 fully saturated rings. The van der Waals surface area contributed by atoms with E-state index in [9.17, 15) is 4.79 Å². The zero-order valence-corrected chi connectivity index (χ0v) is 11.5. The summed E-state index contributed by atoms with van der Waals surface area (Å²) in [5.74, 6) is -0.228. The van der Waals surface area contributed by atoms with Gasteiger partial charge in [-0.2, -0.15) is 0 Å². The summed E-state index contributed by atoms with van der Waals surface area (Å²) in [5, 5.41) is 8.59. The Labute approximate surface area is 119 Å². The van der Waals surface area contributed by atoms with E-state index in [1.807, 2.05) is 24.3 Å². The van der Waals surface area contributed by atoms with Gasteiger partial charge in [0.25, 0.3) is 0 Å². The van der Waals surface area contributed by atoms with E-state index in [0.29, 0.717) is 19.3 Å². The molecule has 0 radical (unpaired) electrons. The molecule has 1 N–H and O–H groups in total. The van der Waals surface area contributed by atoms with Crippen molar-refractivity contribution in [3.05, 3.63) is 35.9 Å². The van der Waals surface area contributed by atoms with Crippen LogP contribution in [-0.4, -0.2) is 30.4 Å². The van der Waals surface area contributed by atoms with Crippen molar-refractivity contribution < 1.29 is 19.4 Å². The second-order valence-corrected chi connectivity index (χ2v) is 4.87. The Kier molecular flexibility index (Phi) is 5.62. The minimum absolute atomic E-state index is 0.406. The minimum Gasteiger partial charge on any atom is -0.491 e. The summed E-state index contributed by atoms with van der Waals surface area (Å²) in [7, 11) is 0. The summed E-state index contributed by atoms with van der Waals surface area (Å²) in [6.07, 6.45) is 7.92. The lowest BCUT2D eigenvalue weighted by atomic mass is 10.2. The van der Waals surface area contributed by atoms with E-state index in [-0.39, 0.29) is 0 Å². The first-order chi connectivity index (χ1) is 9.74. The Balaban J connectivity index is 1.74. The third-order valence-electron chi connectivity index (χ3n) is 3.28. The SMILES string of the molecule is O=C(O)C=Cc1cccc(OCCOC2CCCC2)c1. The fraction of sp³-hybridized carbons (Fsp3) is 0.438. The molecule has 1 aromatic carbocycles. The van der Waals surface area contributed by atoms with Gasteiger partial charge in [0.2, 0.25) is 0 Å². The third-order valence-corrected chi connectivity index (χ3v) is 3.28. The van der Waals surface area contributed by atoms with E-state index in [1.54, 1.807) is 6.08 Å². The second kappa shape index (κ2) is 7.70. The summed E-state index contributed by atoms with van der Waals surface area (Å²) in [5.41, 5.74) is 0.807. The van der Waals surface area contributed by atoms with Crippen LogP contribution in [0.2, 0.25) is 0 Å². The zero-order valence-electron chi connectivity index (χ0n) is 11.5. The van der Waals surface area contributed by atoms with E-state index < -0.39 is 5.97 Å². The van der Waals surface area contributed by atoms with E-state index in [4.69, 9.17) is 14.6 Å². The molecule has 0 unspecified atom stereocenters. The first kappa shape index (κ1) is 14.6.